The molecule has 0 aromatic heterocycles. The number of nitrogens with zero attached hydrogens (tertiary/aromatic N) is 1. The fraction of sp³-hybridized carbons (Fsp3) is 0.467. The highest BCUT2D eigenvalue weighted by atomic mass is 127. The van der Waals surface area contributed by atoms with Gasteiger partial charge >= 0.3 is 0 Å². The molecule has 20 heavy (non-hydrogen) atoms. The van der Waals surface area contributed by atoms with E-state index in [-0.39, 0.29) is 18.4 Å². The number of rotatable bonds is 7. The van der Waals surface area contributed by atoms with E-state index in [1.165, 1.54) is 0 Å². The molecule has 1 aromatic carbocycles. The molecule has 0 aliphatic carbocycles. The maximum absolute atomic E-state index is 12.1. The van der Waals surface area contributed by atoms with Crippen LogP contribution in [0.25, 0.3) is 0 Å². The van der Waals surface area contributed by atoms with Crippen molar-refractivity contribution in [3.05, 3.63) is 33.4 Å². The van der Waals surface area contributed by atoms with E-state index in [0.717, 1.165) is 29.5 Å². The Morgan fingerprint density at radius 1 is 1.15 bits per heavy atom. The van der Waals surface area contributed by atoms with Crippen LogP contribution in [0.5, 0.6) is 0 Å². The molecule has 1 rings (SSSR count). The summed E-state index contributed by atoms with van der Waals surface area (Å²) in [5.41, 5.74) is 0.610. The van der Waals surface area contributed by atoms with Crippen molar-refractivity contribution in [2.24, 2.45) is 0 Å². The molecule has 0 heterocycles. The van der Waals surface area contributed by atoms with Crippen LogP contribution in [0.15, 0.2) is 24.3 Å². The van der Waals surface area contributed by atoms with E-state index >= 15 is 0 Å². The summed E-state index contributed by atoms with van der Waals surface area (Å²) in [4.78, 5) is 25.9. The first-order chi connectivity index (χ1) is 9.60. The largest absolute Gasteiger partial charge is 0.343 e. The Labute approximate surface area is 134 Å². The van der Waals surface area contributed by atoms with Crippen molar-refractivity contribution in [3.63, 3.8) is 0 Å². The van der Waals surface area contributed by atoms with Crippen molar-refractivity contribution < 1.29 is 9.59 Å². The lowest BCUT2D eigenvalue weighted by molar-refractivity contribution is -0.130. The molecule has 0 aliphatic rings. The highest BCUT2D eigenvalue weighted by Gasteiger charge is 2.14. The number of carbonyl (C=O) groups excluding carboxylic acids is 2. The molecule has 0 radical (unpaired) electrons. The van der Waals surface area contributed by atoms with Crippen LogP contribution >= 0.6 is 22.6 Å². The lowest BCUT2D eigenvalue weighted by atomic mass is 10.2. The highest BCUT2D eigenvalue weighted by Crippen LogP contribution is 2.10. The van der Waals surface area contributed by atoms with Gasteiger partial charge in [0.1, 0.15) is 0 Å². The maximum atomic E-state index is 12.1. The molecular formula is C15H21IN2O2. The molecule has 0 atom stereocenters. The molecule has 0 fully saturated rings. The van der Waals surface area contributed by atoms with Gasteiger partial charge in [-0.1, -0.05) is 26.0 Å². The zero-order valence-corrected chi connectivity index (χ0v) is 14.1. The monoisotopic (exact) mass is 388 g/mol. The van der Waals surface area contributed by atoms with Crippen LogP contribution in [0, 0.1) is 3.57 Å². The van der Waals surface area contributed by atoms with Crippen LogP contribution in [0.2, 0.25) is 0 Å². The lowest BCUT2D eigenvalue weighted by Crippen LogP contribution is -2.41. The summed E-state index contributed by atoms with van der Waals surface area (Å²) in [5, 5.41) is 2.70. The number of amides is 2. The zero-order chi connectivity index (χ0) is 15.0. The summed E-state index contributed by atoms with van der Waals surface area (Å²) < 4.78 is 0.883. The minimum atomic E-state index is -0.198. The average molecular weight is 388 g/mol. The van der Waals surface area contributed by atoms with Gasteiger partial charge < -0.3 is 10.2 Å². The summed E-state index contributed by atoms with van der Waals surface area (Å²) in [5.74, 6) is -0.218. The minimum Gasteiger partial charge on any atom is -0.343 e. The van der Waals surface area contributed by atoms with Gasteiger partial charge in [0.25, 0.3) is 5.91 Å². The molecule has 110 valence electrons. The predicted octanol–water partition coefficient (Wildman–Crippen LogP) is 2.67. The van der Waals surface area contributed by atoms with Gasteiger partial charge in [-0.15, -0.1) is 0 Å². The average Bonchev–Trinajstić information content (AvgIpc) is 2.44. The lowest BCUT2D eigenvalue weighted by Gasteiger charge is -2.21. The smallest absolute Gasteiger partial charge is 0.252 e. The van der Waals surface area contributed by atoms with E-state index in [1.807, 2.05) is 32.0 Å². The number of hydrogen-bond donors (Lipinski definition) is 1. The molecule has 0 saturated carbocycles. The Hall–Kier alpha value is -1.11. The van der Waals surface area contributed by atoms with Crippen molar-refractivity contribution in [1.82, 2.24) is 10.2 Å². The predicted molar refractivity (Wildman–Crippen MR) is 88.7 cm³/mol. The Bertz CT molecular complexity index is 457. The quantitative estimate of drug-likeness (QED) is 0.731. The second-order valence-electron chi connectivity index (χ2n) is 4.54. The second-order valence-corrected chi connectivity index (χ2v) is 5.71. The molecule has 0 bridgehead atoms. The van der Waals surface area contributed by atoms with E-state index < -0.39 is 0 Å². The molecule has 0 aliphatic heterocycles. The van der Waals surface area contributed by atoms with E-state index in [4.69, 9.17) is 0 Å². The Kier molecular flexibility index (Phi) is 7.58. The third-order valence-electron chi connectivity index (χ3n) is 2.86. The summed E-state index contributed by atoms with van der Waals surface area (Å²) in [7, 11) is 0. The topological polar surface area (TPSA) is 49.4 Å². The highest BCUT2D eigenvalue weighted by molar-refractivity contribution is 14.1. The van der Waals surface area contributed by atoms with Crippen molar-refractivity contribution in [3.8, 4) is 0 Å². The molecule has 1 N–H and O–H groups in total. The molecule has 0 spiro atoms. The van der Waals surface area contributed by atoms with Gasteiger partial charge in [-0.05, 0) is 47.6 Å². The Morgan fingerprint density at radius 2 is 1.75 bits per heavy atom. The fourth-order valence-corrected chi connectivity index (χ4v) is 2.54. The van der Waals surface area contributed by atoms with E-state index in [9.17, 15) is 9.59 Å². The van der Waals surface area contributed by atoms with Crippen molar-refractivity contribution >= 4 is 34.4 Å². The fourth-order valence-electron chi connectivity index (χ4n) is 1.91. The van der Waals surface area contributed by atoms with Crippen LogP contribution in [-0.2, 0) is 4.79 Å². The number of hydrogen-bond acceptors (Lipinski definition) is 2. The number of nitrogens with one attached hydrogen (secondary N) is 1. The van der Waals surface area contributed by atoms with E-state index in [1.54, 1.807) is 11.0 Å². The molecule has 1 aromatic rings. The van der Waals surface area contributed by atoms with Gasteiger partial charge in [0.05, 0.1) is 12.1 Å². The van der Waals surface area contributed by atoms with Gasteiger partial charge in [0.2, 0.25) is 5.91 Å². The number of halogens is 1. The first kappa shape index (κ1) is 16.9. The normalized spacial score (nSPS) is 10.2. The van der Waals surface area contributed by atoms with E-state index in [0.29, 0.717) is 5.56 Å². The van der Waals surface area contributed by atoms with E-state index in [2.05, 4.69) is 27.9 Å². The maximum Gasteiger partial charge on any atom is 0.252 e. The van der Waals surface area contributed by atoms with Crippen LogP contribution < -0.4 is 5.32 Å². The van der Waals surface area contributed by atoms with Gasteiger partial charge in [-0.3, -0.25) is 9.59 Å². The van der Waals surface area contributed by atoms with Crippen LogP contribution in [0.3, 0.4) is 0 Å². The summed E-state index contributed by atoms with van der Waals surface area (Å²) in [6.45, 7) is 5.63. The first-order valence-electron chi connectivity index (χ1n) is 6.90. The number of carbonyl (C=O) groups is 2. The van der Waals surface area contributed by atoms with Gasteiger partial charge in [-0.25, -0.2) is 0 Å². The van der Waals surface area contributed by atoms with Crippen LogP contribution in [0.4, 0.5) is 0 Å². The van der Waals surface area contributed by atoms with Crippen molar-refractivity contribution in [2.45, 2.75) is 26.7 Å². The summed E-state index contributed by atoms with van der Waals surface area (Å²) in [6.07, 6.45) is 1.85. The van der Waals surface area contributed by atoms with Gasteiger partial charge in [0.15, 0.2) is 0 Å². The third-order valence-corrected chi connectivity index (χ3v) is 3.80. The molecule has 0 unspecified atom stereocenters. The summed E-state index contributed by atoms with van der Waals surface area (Å²) >= 11 is 2.12. The molecular weight excluding hydrogens is 367 g/mol. The Morgan fingerprint density at radius 3 is 2.30 bits per heavy atom. The second kappa shape index (κ2) is 8.94. The SMILES string of the molecule is CCCN(CCC)C(=O)CNC(=O)c1ccccc1I. The molecule has 0 saturated heterocycles. The standard InChI is InChI=1S/C15H21IN2O2/c1-3-9-18(10-4-2)14(19)11-17-15(20)12-7-5-6-8-13(12)16/h5-8H,3-4,9-11H2,1-2H3,(H,17,20). The number of benzene rings is 1. The van der Waals surface area contributed by atoms with Crippen molar-refractivity contribution in [2.75, 3.05) is 19.6 Å². The third kappa shape index (κ3) is 5.11. The zero-order valence-electron chi connectivity index (χ0n) is 12.0. The van der Waals surface area contributed by atoms with Crippen LogP contribution in [-0.4, -0.2) is 36.3 Å². The minimum absolute atomic E-state index is 0.0204. The van der Waals surface area contributed by atoms with Crippen molar-refractivity contribution in [1.29, 1.82) is 0 Å². The van der Waals surface area contributed by atoms with Gasteiger partial charge in [0, 0.05) is 16.7 Å². The molecule has 4 nitrogen and oxygen atoms in total. The summed E-state index contributed by atoms with van der Waals surface area (Å²) in [6, 6.07) is 7.34. The molecule has 2 amide bonds. The van der Waals surface area contributed by atoms with Gasteiger partial charge in [-0.2, -0.15) is 0 Å². The first-order valence-corrected chi connectivity index (χ1v) is 7.98. The molecule has 5 heteroatoms. The van der Waals surface area contributed by atoms with Crippen LogP contribution in [0.1, 0.15) is 37.0 Å². The Balaban J connectivity index is 2.55.